The lowest BCUT2D eigenvalue weighted by atomic mass is 10.1. The van der Waals surface area contributed by atoms with Gasteiger partial charge in [0, 0.05) is 11.3 Å². The first-order chi connectivity index (χ1) is 16.3. The number of nitrogens with zero attached hydrogens (tertiary/aromatic N) is 1. The van der Waals surface area contributed by atoms with Crippen LogP contribution < -0.4 is 20.2 Å². The molecule has 0 spiro atoms. The van der Waals surface area contributed by atoms with Crippen molar-refractivity contribution in [3.8, 4) is 11.5 Å². The van der Waals surface area contributed by atoms with Crippen LogP contribution in [-0.4, -0.2) is 24.6 Å². The number of ether oxygens (including phenoxy) is 2. The Morgan fingerprint density at radius 1 is 0.941 bits per heavy atom. The lowest BCUT2D eigenvalue weighted by Gasteiger charge is -2.12. The number of amides is 2. The summed E-state index contributed by atoms with van der Waals surface area (Å²) in [5, 5.41) is 6.62. The molecule has 3 aromatic rings. The molecule has 176 valence electrons. The third-order valence-electron chi connectivity index (χ3n) is 5.06. The van der Waals surface area contributed by atoms with E-state index in [0.717, 1.165) is 16.7 Å². The van der Waals surface area contributed by atoms with Crippen LogP contribution >= 0.6 is 0 Å². The Labute approximate surface area is 197 Å². The molecule has 2 N–H and O–H groups in total. The predicted octanol–water partition coefficient (Wildman–Crippen LogP) is 4.51. The van der Waals surface area contributed by atoms with E-state index in [2.05, 4.69) is 15.8 Å². The van der Waals surface area contributed by atoms with E-state index < -0.39 is 11.8 Å². The first kappa shape index (κ1) is 24.4. The van der Waals surface area contributed by atoms with Crippen LogP contribution in [0.15, 0.2) is 65.8 Å². The number of aryl methyl sites for hydroxylation is 2. The molecule has 0 atom stereocenters. The number of methoxy groups -OCH3 is 1. The number of nitrogens with one attached hydrogen (secondary N) is 2. The van der Waals surface area contributed by atoms with E-state index in [0.29, 0.717) is 28.5 Å². The van der Waals surface area contributed by atoms with Crippen molar-refractivity contribution in [2.45, 2.75) is 27.4 Å². The molecule has 0 unspecified atom stereocenters. The Balaban J connectivity index is 1.63. The Morgan fingerprint density at radius 3 is 2.38 bits per heavy atom. The van der Waals surface area contributed by atoms with E-state index in [-0.39, 0.29) is 12.4 Å². The highest BCUT2D eigenvalue weighted by molar-refractivity contribution is 6.39. The highest BCUT2D eigenvalue weighted by Crippen LogP contribution is 2.29. The molecule has 2 amide bonds. The molecule has 8 heteroatoms. The van der Waals surface area contributed by atoms with Gasteiger partial charge in [0.1, 0.15) is 12.4 Å². The smallest absolute Gasteiger partial charge is 0.329 e. The Morgan fingerprint density at radius 2 is 1.68 bits per heavy atom. The number of halogens is 1. The molecule has 0 aliphatic heterocycles. The molecule has 7 nitrogen and oxygen atoms in total. The predicted molar refractivity (Wildman–Crippen MR) is 129 cm³/mol. The molecule has 0 heterocycles. The summed E-state index contributed by atoms with van der Waals surface area (Å²) in [6, 6.07) is 16.8. The summed E-state index contributed by atoms with van der Waals surface area (Å²) >= 11 is 0. The second kappa shape index (κ2) is 11.1. The molecule has 34 heavy (non-hydrogen) atoms. The van der Waals surface area contributed by atoms with Crippen molar-refractivity contribution < 1.29 is 23.5 Å². The number of carbonyl (C=O) groups is 2. The highest BCUT2D eigenvalue weighted by atomic mass is 19.1. The molecule has 0 saturated heterocycles. The largest absolute Gasteiger partial charge is 0.493 e. The van der Waals surface area contributed by atoms with Crippen LogP contribution in [0.4, 0.5) is 10.1 Å². The van der Waals surface area contributed by atoms with E-state index in [4.69, 9.17) is 9.47 Å². The molecule has 0 aliphatic rings. The van der Waals surface area contributed by atoms with Gasteiger partial charge in [0.05, 0.1) is 12.8 Å². The van der Waals surface area contributed by atoms with Crippen molar-refractivity contribution in [2.75, 3.05) is 12.4 Å². The fourth-order valence-electron chi connectivity index (χ4n) is 3.05. The minimum Gasteiger partial charge on any atom is -0.493 e. The maximum atomic E-state index is 13.1. The van der Waals surface area contributed by atoms with Gasteiger partial charge in [-0.1, -0.05) is 24.3 Å². The first-order valence-electron chi connectivity index (χ1n) is 10.6. The number of hydrazone groups is 1. The molecule has 0 aromatic heterocycles. The van der Waals surface area contributed by atoms with Crippen LogP contribution in [0.2, 0.25) is 0 Å². The third-order valence-corrected chi connectivity index (χ3v) is 5.06. The summed E-state index contributed by atoms with van der Waals surface area (Å²) in [7, 11) is 1.51. The summed E-state index contributed by atoms with van der Waals surface area (Å²) in [4.78, 5) is 24.4. The first-order valence-corrected chi connectivity index (χ1v) is 10.6. The molecule has 0 saturated carbocycles. The van der Waals surface area contributed by atoms with E-state index in [1.54, 1.807) is 43.3 Å². The second-order valence-electron chi connectivity index (χ2n) is 7.69. The minimum absolute atomic E-state index is 0.245. The minimum atomic E-state index is -0.883. The van der Waals surface area contributed by atoms with E-state index >= 15 is 0 Å². The number of hydrogen-bond donors (Lipinski definition) is 2. The standard InChI is InChI=1S/C26H26FN3O4/c1-16-5-6-17(2)22(13-16)28-25(31)26(32)30-29-18(3)20-9-12-23(24(14-20)33-4)34-15-19-7-10-21(27)11-8-19/h5-14H,15H2,1-4H3,(H,28,31)(H,30,32). The lowest BCUT2D eigenvalue weighted by molar-refractivity contribution is -0.136. The van der Waals surface area contributed by atoms with Crippen molar-refractivity contribution >= 4 is 23.2 Å². The zero-order chi connectivity index (χ0) is 24.7. The normalized spacial score (nSPS) is 11.0. The van der Waals surface area contributed by atoms with Crippen molar-refractivity contribution in [3.05, 3.63) is 88.7 Å². The summed E-state index contributed by atoms with van der Waals surface area (Å²) in [5.74, 6) is -1.04. The van der Waals surface area contributed by atoms with E-state index in [1.807, 2.05) is 26.0 Å². The van der Waals surface area contributed by atoms with Gasteiger partial charge >= 0.3 is 11.8 Å². The van der Waals surface area contributed by atoms with Gasteiger partial charge in [0.15, 0.2) is 11.5 Å². The Hall–Kier alpha value is -4.20. The third kappa shape index (κ3) is 6.41. The van der Waals surface area contributed by atoms with Gasteiger partial charge < -0.3 is 14.8 Å². The maximum Gasteiger partial charge on any atom is 0.329 e. The number of anilines is 1. The number of hydrogen-bond acceptors (Lipinski definition) is 5. The fraction of sp³-hybridized carbons (Fsp3) is 0.192. The van der Waals surface area contributed by atoms with Crippen LogP contribution in [0.5, 0.6) is 11.5 Å². The van der Waals surface area contributed by atoms with Crippen molar-refractivity contribution in [3.63, 3.8) is 0 Å². The van der Waals surface area contributed by atoms with Crippen LogP contribution in [-0.2, 0) is 16.2 Å². The average Bonchev–Trinajstić information content (AvgIpc) is 2.84. The van der Waals surface area contributed by atoms with Gasteiger partial charge in [-0.25, -0.2) is 9.82 Å². The van der Waals surface area contributed by atoms with Gasteiger partial charge in [0.25, 0.3) is 0 Å². The molecule has 0 fully saturated rings. The number of benzene rings is 3. The monoisotopic (exact) mass is 463 g/mol. The zero-order valence-electron chi connectivity index (χ0n) is 19.4. The number of carbonyl (C=O) groups excluding carboxylic acids is 2. The average molecular weight is 464 g/mol. The fourth-order valence-corrected chi connectivity index (χ4v) is 3.05. The second-order valence-corrected chi connectivity index (χ2v) is 7.69. The Bertz CT molecular complexity index is 1220. The summed E-state index contributed by atoms with van der Waals surface area (Å²) in [5.41, 5.74) is 6.61. The highest BCUT2D eigenvalue weighted by Gasteiger charge is 2.15. The van der Waals surface area contributed by atoms with Crippen LogP contribution in [0, 0.1) is 19.7 Å². The molecule has 3 rings (SSSR count). The van der Waals surface area contributed by atoms with Gasteiger partial charge in [0.2, 0.25) is 0 Å². The van der Waals surface area contributed by atoms with Crippen LogP contribution in [0.25, 0.3) is 0 Å². The molecular weight excluding hydrogens is 437 g/mol. The summed E-state index contributed by atoms with van der Waals surface area (Å²) < 4.78 is 24.2. The Kier molecular flexibility index (Phi) is 7.97. The van der Waals surface area contributed by atoms with Gasteiger partial charge in [-0.05, 0) is 73.9 Å². The molecule has 0 aliphatic carbocycles. The van der Waals surface area contributed by atoms with Crippen LogP contribution in [0.3, 0.4) is 0 Å². The summed E-state index contributed by atoms with van der Waals surface area (Å²) in [6.07, 6.45) is 0. The topological polar surface area (TPSA) is 89.0 Å². The van der Waals surface area contributed by atoms with E-state index in [9.17, 15) is 14.0 Å². The molecule has 3 aromatic carbocycles. The van der Waals surface area contributed by atoms with Crippen LogP contribution in [0.1, 0.15) is 29.2 Å². The van der Waals surface area contributed by atoms with Crippen molar-refractivity contribution in [1.29, 1.82) is 0 Å². The van der Waals surface area contributed by atoms with Gasteiger partial charge in [-0.2, -0.15) is 5.10 Å². The SMILES string of the molecule is COc1cc(C(C)=NNC(=O)C(=O)Nc2cc(C)ccc2C)ccc1OCc1ccc(F)cc1. The van der Waals surface area contributed by atoms with Crippen molar-refractivity contribution in [1.82, 2.24) is 5.43 Å². The quantitative estimate of drug-likeness (QED) is 0.307. The number of rotatable bonds is 7. The van der Waals surface area contributed by atoms with Gasteiger partial charge in [-0.3, -0.25) is 9.59 Å². The van der Waals surface area contributed by atoms with Gasteiger partial charge in [-0.15, -0.1) is 0 Å². The zero-order valence-corrected chi connectivity index (χ0v) is 19.4. The molecule has 0 radical (unpaired) electrons. The maximum absolute atomic E-state index is 13.1. The molecular formula is C26H26FN3O4. The van der Waals surface area contributed by atoms with Crippen molar-refractivity contribution in [2.24, 2.45) is 5.10 Å². The summed E-state index contributed by atoms with van der Waals surface area (Å²) in [6.45, 7) is 5.68. The lowest BCUT2D eigenvalue weighted by Crippen LogP contribution is -2.33. The molecule has 0 bridgehead atoms. The van der Waals surface area contributed by atoms with E-state index in [1.165, 1.54) is 19.2 Å².